The van der Waals surface area contributed by atoms with Crippen LogP contribution in [0.1, 0.15) is 19.0 Å². The SMILES string of the molecule is C#CCNC(=O)COc1ccc(CNCCC)nc1. The maximum Gasteiger partial charge on any atom is 0.258 e. The van der Waals surface area contributed by atoms with Crippen molar-refractivity contribution in [2.75, 3.05) is 19.7 Å². The number of terminal acetylenes is 1. The van der Waals surface area contributed by atoms with Crippen molar-refractivity contribution in [3.63, 3.8) is 0 Å². The van der Waals surface area contributed by atoms with Crippen LogP contribution >= 0.6 is 0 Å². The Bertz CT molecular complexity index is 423. The van der Waals surface area contributed by atoms with Crippen LogP contribution in [-0.2, 0) is 11.3 Å². The lowest BCUT2D eigenvalue weighted by Gasteiger charge is -2.07. The highest BCUT2D eigenvalue weighted by Crippen LogP contribution is 2.08. The molecule has 1 aromatic rings. The van der Waals surface area contributed by atoms with E-state index in [9.17, 15) is 4.79 Å². The largest absolute Gasteiger partial charge is 0.482 e. The number of carbonyl (C=O) groups is 1. The van der Waals surface area contributed by atoms with E-state index in [4.69, 9.17) is 11.2 Å². The van der Waals surface area contributed by atoms with Gasteiger partial charge in [0.15, 0.2) is 6.61 Å². The van der Waals surface area contributed by atoms with Gasteiger partial charge in [0.05, 0.1) is 18.4 Å². The Morgan fingerprint density at radius 2 is 2.37 bits per heavy atom. The van der Waals surface area contributed by atoms with E-state index in [1.165, 1.54) is 0 Å². The molecule has 0 bridgehead atoms. The van der Waals surface area contributed by atoms with Crippen LogP contribution < -0.4 is 15.4 Å². The van der Waals surface area contributed by atoms with Crippen molar-refractivity contribution >= 4 is 5.91 Å². The lowest BCUT2D eigenvalue weighted by molar-refractivity contribution is -0.122. The Labute approximate surface area is 113 Å². The van der Waals surface area contributed by atoms with Crippen molar-refractivity contribution < 1.29 is 9.53 Å². The highest BCUT2D eigenvalue weighted by atomic mass is 16.5. The molecule has 5 nitrogen and oxygen atoms in total. The van der Waals surface area contributed by atoms with E-state index in [1.54, 1.807) is 12.3 Å². The number of pyridine rings is 1. The zero-order valence-corrected chi connectivity index (χ0v) is 11.1. The molecule has 0 unspecified atom stereocenters. The van der Waals surface area contributed by atoms with Gasteiger partial charge in [0, 0.05) is 6.54 Å². The van der Waals surface area contributed by atoms with E-state index >= 15 is 0 Å². The molecule has 0 aliphatic carbocycles. The molecule has 102 valence electrons. The second-order valence-electron chi connectivity index (χ2n) is 3.93. The fraction of sp³-hybridized carbons (Fsp3) is 0.429. The maximum absolute atomic E-state index is 11.3. The molecule has 0 radical (unpaired) electrons. The summed E-state index contributed by atoms with van der Waals surface area (Å²) in [7, 11) is 0. The van der Waals surface area contributed by atoms with Gasteiger partial charge in [-0.2, -0.15) is 0 Å². The first-order valence-corrected chi connectivity index (χ1v) is 6.25. The van der Waals surface area contributed by atoms with Gasteiger partial charge < -0.3 is 15.4 Å². The molecule has 0 saturated heterocycles. The smallest absolute Gasteiger partial charge is 0.258 e. The first-order valence-electron chi connectivity index (χ1n) is 6.25. The van der Waals surface area contributed by atoms with Gasteiger partial charge in [-0.25, -0.2) is 0 Å². The molecule has 2 N–H and O–H groups in total. The van der Waals surface area contributed by atoms with Gasteiger partial charge in [0.25, 0.3) is 5.91 Å². The Morgan fingerprint density at radius 3 is 3.00 bits per heavy atom. The number of nitrogens with zero attached hydrogens (tertiary/aromatic N) is 1. The quantitative estimate of drug-likeness (QED) is 0.534. The zero-order chi connectivity index (χ0) is 13.9. The summed E-state index contributed by atoms with van der Waals surface area (Å²) in [5.41, 5.74) is 0.942. The number of carbonyl (C=O) groups excluding carboxylic acids is 1. The second-order valence-corrected chi connectivity index (χ2v) is 3.93. The molecule has 0 aliphatic heterocycles. The minimum absolute atomic E-state index is 0.0587. The Kier molecular flexibility index (Phi) is 7.06. The number of hydrogen-bond acceptors (Lipinski definition) is 4. The predicted molar refractivity (Wildman–Crippen MR) is 73.6 cm³/mol. The van der Waals surface area contributed by atoms with Gasteiger partial charge in [-0.15, -0.1) is 6.42 Å². The number of aromatic nitrogens is 1. The number of hydrogen-bond donors (Lipinski definition) is 2. The van der Waals surface area contributed by atoms with E-state index in [-0.39, 0.29) is 19.1 Å². The van der Waals surface area contributed by atoms with Crippen LogP contribution in [0.15, 0.2) is 18.3 Å². The number of ether oxygens (including phenoxy) is 1. The molecular weight excluding hydrogens is 242 g/mol. The Morgan fingerprint density at radius 1 is 1.53 bits per heavy atom. The molecule has 0 aliphatic rings. The summed E-state index contributed by atoms with van der Waals surface area (Å²) in [6.07, 6.45) is 7.73. The van der Waals surface area contributed by atoms with Gasteiger partial charge in [-0.05, 0) is 25.1 Å². The van der Waals surface area contributed by atoms with Crippen LogP contribution in [0.3, 0.4) is 0 Å². The zero-order valence-electron chi connectivity index (χ0n) is 11.1. The molecule has 1 heterocycles. The van der Waals surface area contributed by atoms with Crippen LogP contribution in [0.25, 0.3) is 0 Å². The number of rotatable bonds is 8. The van der Waals surface area contributed by atoms with Crippen molar-refractivity contribution in [3.8, 4) is 18.1 Å². The van der Waals surface area contributed by atoms with Crippen LogP contribution in [0.5, 0.6) is 5.75 Å². The number of amides is 1. The summed E-state index contributed by atoms with van der Waals surface area (Å²) < 4.78 is 5.28. The van der Waals surface area contributed by atoms with Gasteiger partial charge in [0.2, 0.25) is 0 Å². The minimum Gasteiger partial charge on any atom is -0.482 e. The fourth-order valence-corrected chi connectivity index (χ4v) is 1.34. The fourth-order valence-electron chi connectivity index (χ4n) is 1.34. The van der Waals surface area contributed by atoms with E-state index < -0.39 is 0 Å². The standard InChI is InChI=1S/C14H19N3O2/c1-3-7-15-9-12-5-6-13(10-17-12)19-11-14(18)16-8-4-2/h2,5-6,10,15H,3,7-9,11H2,1H3,(H,16,18). The summed E-state index contributed by atoms with van der Waals surface area (Å²) in [5.74, 6) is 2.64. The van der Waals surface area contributed by atoms with Gasteiger partial charge in [-0.3, -0.25) is 9.78 Å². The molecule has 19 heavy (non-hydrogen) atoms. The van der Waals surface area contributed by atoms with Crippen LogP contribution in [-0.4, -0.2) is 30.6 Å². The molecule has 5 heteroatoms. The topological polar surface area (TPSA) is 63.2 Å². The van der Waals surface area contributed by atoms with Gasteiger partial charge in [0.1, 0.15) is 5.75 Å². The van der Waals surface area contributed by atoms with Gasteiger partial charge in [-0.1, -0.05) is 12.8 Å². The molecule has 0 atom stereocenters. The summed E-state index contributed by atoms with van der Waals surface area (Å²) in [6, 6.07) is 3.67. The third-order valence-electron chi connectivity index (χ3n) is 2.29. The summed E-state index contributed by atoms with van der Waals surface area (Å²) in [5, 5.41) is 5.78. The first-order chi connectivity index (χ1) is 9.26. The molecule has 0 fully saturated rings. The van der Waals surface area contributed by atoms with Crippen molar-refractivity contribution in [1.82, 2.24) is 15.6 Å². The highest BCUT2D eigenvalue weighted by molar-refractivity contribution is 5.77. The normalized spacial score (nSPS) is 9.68. The minimum atomic E-state index is -0.244. The highest BCUT2D eigenvalue weighted by Gasteiger charge is 2.02. The maximum atomic E-state index is 11.3. The molecule has 1 amide bonds. The summed E-state index contributed by atoms with van der Waals surface area (Å²) >= 11 is 0. The Hall–Kier alpha value is -2.06. The average Bonchev–Trinajstić information content (AvgIpc) is 2.44. The third kappa shape index (κ3) is 6.43. The van der Waals surface area contributed by atoms with Crippen LogP contribution in [0, 0.1) is 12.3 Å². The molecular formula is C14H19N3O2. The first kappa shape index (κ1) is 15.0. The summed E-state index contributed by atoms with van der Waals surface area (Å²) in [6.45, 7) is 3.97. The van der Waals surface area contributed by atoms with Crippen molar-refractivity contribution in [3.05, 3.63) is 24.0 Å². The molecule has 0 spiro atoms. The van der Waals surface area contributed by atoms with E-state index in [0.29, 0.717) is 5.75 Å². The lowest BCUT2D eigenvalue weighted by atomic mass is 10.3. The molecule has 0 saturated carbocycles. The molecule has 0 aromatic carbocycles. The predicted octanol–water partition coefficient (Wildman–Crippen LogP) is 0.709. The Balaban J connectivity index is 2.32. The molecule has 1 aromatic heterocycles. The second kappa shape index (κ2) is 8.95. The van der Waals surface area contributed by atoms with E-state index in [2.05, 4.69) is 28.5 Å². The van der Waals surface area contributed by atoms with Crippen molar-refractivity contribution in [2.24, 2.45) is 0 Å². The average molecular weight is 261 g/mol. The van der Waals surface area contributed by atoms with Crippen LogP contribution in [0.4, 0.5) is 0 Å². The monoisotopic (exact) mass is 261 g/mol. The van der Waals surface area contributed by atoms with E-state index in [1.807, 2.05) is 6.07 Å². The van der Waals surface area contributed by atoms with Crippen LogP contribution in [0.2, 0.25) is 0 Å². The van der Waals surface area contributed by atoms with Crippen molar-refractivity contribution in [2.45, 2.75) is 19.9 Å². The molecule has 1 rings (SSSR count). The summed E-state index contributed by atoms with van der Waals surface area (Å²) in [4.78, 5) is 15.5. The third-order valence-corrected chi connectivity index (χ3v) is 2.29. The van der Waals surface area contributed by atoms with Gasteiger partial charge >= 0.3 is 0 Å². The van der Waals surface area contributed by atoms with E-state index in [0.717, 1.165) is 25.2 Å². The lowest BCUT2D eigenvalue weighted by Crippen LogP contribution is -2.29. The number of nitrogens with one attached hydrogen (secondary N) is 2. The van der Waals surface area contributed by atoms with Crippen molar-refractivity contribution in [1.29, 1.82) is 0 Å².